The number of methoxy groups -OCH3 is 1. The van der Waals surface area contributed by atoms with Crippen LogP contribution in [0, 0.1) is 0 Å². The Labute approximate surface area is 203 Å². The molecule has 1 amide bonds. The highest BCUT2D eigenvalue weighted by Gasteiger charge is 2.30. The fraction of sp³-hybridized carbons (Fsp3) is 0.360. The summed E-state index contributed by atoms with van der Waals surface area (Å²) in [5.41, 5.74) is 2.89. The molecule has 8 nitrogen and oxygen atoms in total. The summed E-state index contributed by atoms with van der Waals surface area (Å²) >= 11 is 6.37. The minimum atomic E-state index is 0.193. The number of ether oxygens (including phenoxy) is 3. The number of nitrogens with one attached hydrogen (secondary N) is 1. The summed E-state index contributed by atoms with van der Waals surface area (Å²) < 4.78 is 17.9. The molecule has 0 radical (unpaired) electrons. The maximum atomic E-state index is 12.6. The summed E-state index contributed by atoms with van der Waals surface area (Å²) in [5.74, 6) is 2.38. The molecule has 2 aromatic carbocycles. The molecule has 0 spiro atoms. The fourth-order valence-electron chi connectivity index (χ4n) is 4.43. The SMILES string of the molecule is COc1cccc(-n2cc(CN3C(=O)CCC3CCNCc3cc4c(cc3Cl)OCO4)cn2)c1. The molecule has 0 saturated carbocycles. The van der Waals surface area contributed by atoms with E-state index in [4.69, 9.17) is 25.8 Å². The van der Waals surface area contributed by atoms with Crippen LogP contribution in [0.5, 0.6) is 17.2 Å². The van der Waals surface area contributed by atoms with Crippen molar-refractivity contribution in [2.24, 2.45) is 0 Å². The lowest BCUT2D eigenvalue weighted by Crippen LogP contribution is -2.34. The molecule has 3 aromatic rings. The molecule has 2 aliphatic rings. The van der Waals surface area contributed by atoms with Gasteiger partial charge in [-0.05, 0) is 43.1 Å². The first-order valence-corrected chi connectivity index (χ1v) is 11.7. The third kappa shape index (κ3) is 4.83. The lowest BCUT2D eigenvalue weighted by molar-refractivity contribution is -0.129. The molecule has 9 heteroatoms. The Morgan fingerprint density at radius 1 is 1.24 bits per heavy atom. The standard InChI is InChI=1S/C25H27ClN4O4/c1-32-21-4-2-3-20(10-21)30-15-17(12-28-30)14-29-19(5-6-25(29)31)7-8-27-13-18-9-23-24(11-22(18)26)34-16-33-23/h2-4,9-12,15,19,27H,5-8,13-14,16H2,1H3. The predicted molar refractivity (Wildman–Crippen MR) is 128 cm³/mol. The number of amides is 1. The number of carbonyl (C=O) groups excluding carboxylic acids is 1. The summed E-state index contributed by atoms with van der Waals surface area (Å²) in [6, 6.07) is 11.6. The van der Waals surface area contributed by atoms with Crippen LogP contribution in [0.15, 0.2) is 48.8 Å². The van der Waals surface area contributed by atoms with Gasteiger partial charge in [0.15, 0.2) is 11.5 Å². The highest BCUT2D eigenvalue weighted by atomic mass is 35.5. The quantitative estimate of drug-likeness (QED) is 0.465. The second kappa shape index (κ2) is 9.95. The molecule has 0 aliphatic carbocycles. The number of aromatic nitrogens is 2. The van der Waals surface area contributed by atoms with Gasteiger partial charge in [-0.15, -0.1) is 0 Å². The third-order valence-electron chi connectivity index (χ3n) is 6.27. The second-order valence-electron chi connectivity index (χ2n) is 8.47. The largest absolute Gasteiger partial charge is 0.497 e. The average molecular weight is 483 g/mol. The minimum Gasteiger partial charge on any atom is -0.497 e. The lowest BCUT2D eigenvalue weighted by Gasteiger charge is -2.24. The van der Waals surface area contributed by atoms with Gasteiger partial charge in [0.25, 0.3) is 0 Å². The van der Waals surface area contributed by atoms with Crippen LogP contribution in [0.1, 0.15) is 30.4 Å². The molecule has 2 aliphatic heterocycles. The first-order chi connectivity index (χ1) is 16.6. The van der Waals surface area contributed by atoms with Gasteiger partial charge in [0.1, 0.15) is 5.75 Å². The number of fused-ring (bicyclic) bond motifs is 1. The van der Waals surface area contributed by atoms with Crippen molar-refractivity contribution < 1.29 is 19.0 Å². The molecule has 34 heavy (non-hydrogen) atoms. The van der Waals surface area contributed by atoms with Crippen LogP contribution >= 0.6 is 11.6 Å². The van der Waals surface area contributed by atoms with Crippen molar-refractivity contribution in [3.8, 4) is 22.9 Å². The number of hydrogen-bond donors (Lipinski definition) is 1. The zero-order valence-electron chi connectivity index (χ0n) is 19.0. The van der Waals surface area contributed by atoms with Crippen molar-refractivity contribution in [2.45, 2.75) is 38.4 Å². The van der Waals surface area contributed by atoms with E-state index in [2.05, 4.69) is 10.4 Å². The van der Waals surface area contributed by atoms with Gasteiger partial charge >= 0.3 is 0 Å². The topological polar surface area (TPSA) is 77.9 Å². The number of rotatable bonds is 9. The predicted octanol–water partition coefficient (Wildman–Crippen LogP) is 3.93. The van der Waals surface area contributed by atoms with Crippen molar-refractivity contribution in [2.75, 3.05) is 20.4 Å². The van der Waals surface area contributed by atoms with Crippen molar-refractivity contribution in [3.63, 3.8) is 0 Å². The van der Waals surface area contributed by atoms with Crippen LogP contribution in [0.2, 0.25) is 5.02 Å². The molecule has 1 saturated heterocycles. The maximum absolute atomic E-state index is 12.6. The molecule has 1 fully saturated rings. The summed E-state index contributed by atoms with van der Waals surface area (Å²) in [5, 5.41) is 8.58. The summed E-state index contributed by atoms with van der Waals surface area (Å²) in [7, 11) is 1.64. The molecule has 1 unspecified atom stereocenters. The fourth-order valence-corrected chi connectivity index (χ4v) is 4.65. The Hall–Kier alpha value is -3.23. The molecule has 1 atom stereocenters. The van der Waals surface area contributed by atoms with E-state index in [1.54, 1.807) is 13.2 Å². The second-order valence-corrected chi connectivity index (χ2v) is 8.88. The van der Waals surface area contributed by atoms with Crippen molar-refractivity contribution in [1.29, 1.82) is 0 Å². The molecule has 3 heterocycles. The van der Waals surface area contributed by atoms with Gasteiger partial charge < -0.3 is 24.4 Å². The third-order valence-corrected chi connectivity index (χ3v) is 6.62. The normalized spacial score (nSPS) is 16.9. The van der Waals surface area contributed by atoms with Gasteiger partial charge in [-0.1, -0.05) is 17.7 Å². The van der Waals surface area contributed by atoms with E-state index in [0.717, 1.165) is 47.7 Å². The van der Waals surface area contributed by atoms with E-state index in [1.807, 2.05) is 52.3 Å². The minimum absolute atomic E-state index is 0.193. The van der Waals surface area contributed by atoms with E-state index >= 15 is 0 Å². The van der Waals surface area contributed by atoms with Gasteiger partial charge in [-0.25, -0.2) is 4.68 Å². The number of benzene rings is 2. The summed E-state index contributed by atoms with van der Waals surface area (Å²) in [4.78, 5) is 14.5. The van der Waals surface area contributed by atoms with Gasteiger partial charge in [-0.3, -0.25) is 4.79 Å². The Morgan fingerprint density at radius 2 is 2.09 bits per heavy atom. The molecule has 0 bridgehead atoms. The van der Waals surface area contributed by atoms with E-state index in [1.165, 1.54) is 0 Å². The molecule has 1 N–H and O–H groups in total. The Kier molecular flexibility index (Phi) is 6.60. The van der Waals surface area contributed by atoms with Crippen LogP contribution in [0.25, 0.3) is 5.69 Å². The zero-order valence-corrected chi connectivity index (χ0v) is 19.8. The summed E-state index contributed by atoms with van der Waals surface area (Å²) in [6.45, 7) is 2.19. The van der Waals surface area contributed by atoms with Crippen LogP contribution < -0.4 is 19.5 Å². The van der Waals surface area contributed by atoms with E-state index in [0.29, 0.717) is 30.3 Å². The van der Waals surface area contributed by atoms with Crippen LogP contribution in [0.3, 0.4) is 0 Å². The van der Waals surface area contributed by atoms with Gasteiger partial charge in [-0.2, -0.15) is 5.10 Å². The molecule has 178 valence electrons. The van der Waals surface area contributed by atoms with Gasteiger partial charge in [0.05, 0.1) is 19.0 Å². The van der Waals surface area contributed by atoms with Crippen LogP contribution in [0.4, 0.5) is 0 Å². The molecular weight excluding hydrogens is 456 g/mol. The number of carbonyl (C=O) groups is 1. The monoisotopic (exact) mass is 482 g/mol. The smallest absolute Gasteiger partial charge is 0.231 e. The van der Waals surface area contributed by atoms with Gasteiger partial charge in [0, 0.05) is 54.5 Å². The van der Waals surface area contributed by atoms with Crippen molar-refractivity contribution in [3.05, 3.63) is 64.9 Å². The number of halogens is 1. The highest BCUT2D eigenvalue weighted by Crippen LogP contribution is 2.36. The Balaban J connectivity index is 1.16. The molecule has 1 aromatic heterocycles. The number of hydrogen-bond acceptors (Lipinski definition) is 6. The number of nitrogens with zero attached hydrogens (tertiary/aromatic N) is 3. The zero-order chi connectivity index (χ0) is 23.5. The number of likely N-dealkylation sites (tertiary alicyclic amines) is 1. The van der Waals surface area contributed by atoms with Gasteiger partial charge in [0.2, 0.25) is 12.7 Å². The Bertz CT molecular complexity index is 1180. The lowest BCUT2D eigenvalue weighted by atomic mass is 10.1. The van der Waals surface area contributed by atoms with E-state index in [9.17, 15) is 4.79 Å². The van der Waals surface area contributed by atoms with Crippen molar-refractivity contribution in [1.82, 2.24) is 20.0 Å². The maximum Gasteiger partial charge on any atom is 0.231 e. The van der Waals surface area contributed by atoms with Crippen LogP contribution in [-0.2, 0) is 17.9 Å². The first kappa shape index (κ1) is 22.6. The average Bonchev–Trinajstić information content (AvgIpc) is 3.58. The van der Waals surface area contributed by atoms with Crippen LogP contribution in [-0.4, -0.2) is 47.1 Å². The molecular formula is C25H27ClN4O4. The van der Waals surface area contributed by atoms with Crippen molar-refractivity contribution >= 4 is 17.5 Å². The first-order valence-electron chi connectivity index (χ1n) is 11.4. The summed E-state index contributed by atoms with van der Waals surface area (Å²) in [6.07, 6.45) is 6.12. The highest BCUT2D eigenvalue weighted by molar-refractivity contribution is 6.31. The Morgan fingerprint density at radius 3 is 2.94 bits per heavy atom. The molecule has 5 rings (SSSR count). The van der Waals surface area contributed by atoms with E-state index < -0.39 is 0 Å². The van der Waals surface area contributed by atoms with E-state index in [-0.39, 0.29) is 18.7 Å².